The van der Waals surface area contributed by atoms with Gasteiger partial charge in [0.25, 0.3) is 5.91 Å². The minimum absolute atomic E-state index is 0.0906. The van der Waals surface area contributed by atoms with Gasteiger partial charge in [0.05, 0.1) is 12.6 Å². The number of carbonyl (C=O) groups excluding carboxylic acids is 2. The molecule has 0 saturated heterocycles. The van der Waals surface area contributed by atoms with E-state index in [1.165, 1.54) is 15.8 Å². The van der Waals surface area contributed by atoms with Crippen LogP contribution in [0.2, 0.25) is 0 Å². The first kappa shape index (κ1) is 16.8. The SMILES string of the molecule is Cc1cc(C(C)NC(=O)CNC(=O)c2ccc(Br)o2)c(C)s1. The van der Waals surface area contributed by atoms with Crippen LogP contribution in [-0.2, 0) is 4.79 Å². The number of hydrogen-bond donors (Lipinski definition) is 2. The first-order chi connectivity index (χ1) is 10.4. The lowest BCUT2D eigenvalue weighted by atomic mass is 10.1. The molecule has 0 saturated carbocycles. The average molecular weight is 385 g/mol. The highest BCUT2D eigenvalue weighted by atomic mass is 79.9. The third-order valence-electron chi connectivity index (χ3n) is 3.13. The van der Waals surface area contributed by atoms with Crippen molar-refractivity contribution >= 4 is 39.1 Å². The molecule has 2 N–H and O–H groups in total. The number of nitrogens with one attached hydrogen (secondary N) is 2. The van der Waals surface area contributed by atoms with Crippen molar-refractivity contribution in [2.45, 2.75) is 26.8 Å². The number of thiophene rings is 1. The number of amides is 2. The van der Waals surface area contributed by atoms with Gasteiger partial charge in [-0.25, -0.2) is 0 Å². The molecule has 22 heavy (non-hydrogen) atoms. The molecule has 0 fully saturated rings. The summed E-state index contributed by atoms with van der Waals surface area (Å²) in [6.45, 7) is 5.91. The minimum Gasteiger partial charge on any atom is -0.444 e. The maximum absolute atomic E-state index is 11.9. The number of hydrogen-bond acceptors (Lipinski definition) is 4. The molecule has 2 aromatic rings. The summed E-state index contributed by atoms with van der Waals surface area (Å²) in [4.78, 5) is 26.1. The molecule has 118 valence electrons. The Morgan fingerprint density at radius 1 is 1.36 bits per heavy atom. The van der Waals surface area contributed by atoms with E-state index in [9.17, 15) is 9.59 Å². The zero-order valence-corrected chi connectivity index (χ0v) is 14.9. The summed E-state index contributed by atoms with van der Waals surface area (Å²) in [5.74, 6) is -0.497. The molecule has 0 aliphatic rings. The van der Waals surface area contributed by atoms with Crippen molar-refractivity contribution in [2.24, 2.45) is 0 Å². The highest BCUT2D eigenvalue weighted by molar-refractivity contribution is 9.10. The molecular weight excluding hydrogens is 368 g/mol. The van der Waals surface area contributed by atoms with Gasteiger partial charge in [-0.05, 0) is 60.5 Å². The van der Waals surface area contributed by atoms with Crippen molar-refractivity contribution < 1.29 is 14.0 Å². The number of rotatable bonds is 5. The van der Waals surface area contributed by atoms with E-state index in [0.29, 0.717) is 4.67 Å². The molecule has 1 atom stereocenters. The lowest BCUT2D eigenvalue weighted by Gasteiger charge is -2.14. The van der Waals surface area contributed by atoms with Crippen LogP contribution in [0.1, 0.15) is 38.8 Å². The highest BCUT2D eigenvalue weighted by Crippen LogP contribution is 2.25. The summed E-state index contributed by atoms with van der Waals surface area (Å²) in [6, 6.07) is 5.15. The predicted molar refractivity (Wildman–Crippen MR) is 89.1 cm³/mol. The molecule has 0 aliphatic heterocycles. The maximum atomic E-state index is 11.9. The van der Waals surface area contributed by atoms with Crippen molar-refractivity contribution in [3.05, 3.63) is 43.9 Å². The van der Waals surface area contributed by atoms with Crippen LogP contribution in [0, 0.1) is 13.8 Å². The van der Waals surface area contributed by atoms with E-state index in [-0.39, 0.29) is 24.3 Å². The van der Waals surface area contributed by atoms with Crippen molar-refractivity contribution in [3.63, 3.8) is 0 Å². The van der Waals surface area contributed by atoms with E-state index in [2.05, 4.69) is 32.6 Å². The fourth-order valence-corrected chi connectivity index (χ4v) is 3.46. The Morgan fingerprint density at radius 2 is 2.09 bits per heavy atom. The van der Waals surface area contributed by atoms with Gasteiger partial charge in [-0.15, -0.1) is 11.3 Å². The Balaban J connectivity index is 1.85. The van der Waals surface area contributed by atoms with E-state index in [4.69, 9.17) is 4.42 Å². The largest absolute Gasteiger partial charge is 0.444 e. The van der Waals surface area contributed by atoms with Gasteiger partial charge in [0, 0.05) is 9.75 Å². The van der Waals surface area contributed by atoms with Crippen LogP contribution in [0.25, 0.3) is 0 Å². The molecule has 2 aromatic heterocycles. The molecular formula is C15H17BrN2O3S. The molecule has 2 amide bonds. The van der Waals surface area contributed by atoms with Crippen LogP contribution in [0.5, 0.6) is 0 Å². The summed E-state index contributed by atoms with van der Waals surface area (Å²) in [6.07, 6.45) is 0. The predicted octanol–water partition coefficient (Wildman–Crippen LogP) is 3.33. The van der Waals surface area contributed by atoms with Crippen molar-refractivity contribution in [3.8, 4) is 0 Å². The molecule has 5 nitrogen and oxygen atoms in total. The molecule has 7 heteroatoms. The number of aryl methyl sites for hydroxylation is 2. The summed E-state index contributed by atoms with van der Waals surface area (Å²) in [5.41, 5.74) is 1.11. The lowest BCUT2D eigenvalue weighted by molar-refractivity contribution is -0.120. The van der Waals surface area contributed by atoms with Crippen molar-refractivity contribution in [1.29, 1.82) is 0 Å². The quantitative estimate of drug-likeness (QED) is 0.830. The Bertz CT molecular complexity index is 693. The minimum atomic E-state index is -0.420. The van der Waals surface area contributed by atoms with Crippen LogP contribution in [-0.4, -0.2) is 18.4 Å². The van der Waals surface area contributed by atoms with Gasteiger partial charge in [0.15, 0.2) is 10.4 Å². The molecule has 0 spiro atoms. The maximum Gasteiger partial charge on any atom is 0.287 e. The summed E-state index contributed by atoms with van der Waals surface area (Å²) >= 11 is 4.83. The van der Waals surface area contributed by atoms with Gasteiger partial charge in [-0.1, -0.05) is 0 Å². The Kier molecular flexibility index (Phi) is 5.42. The standard InChI is InChI=1S/C15H17BrN2O3S/c1-8-6-11(10(3)22-8)9(2)18-14(19)7-17-15(20)12-4-5-13(16)21-12/h4-6,9H,7H2,1-3H3,(H,17,20)(H,18,19). The van der Waals surface area contributed by atoms with Crippen molar-refractivity contribution in [1.82, 2.24) is 10.6 Å². The smallest absolute Gasteiger partial charge is 0.287 e. The first-order valence-electron chi connectivity index (χ1n) is 6.76. The van der Waals surface area contributed by atoms with Crippen LogP contribution < -0.4 is 10.6 Å². The van der Waals surface area contributed by atoms with Crippen LogP contribution in [0.15, 0.2) is 27.3 Å². The second kappa shape index (κ2) is 7.11. The Hall–Kier alpha value is -1.60. The normalized spacial score (nSPS) is 12.0. The second-order valence-electron chi connectivity index (χ2n) is 4.94. The second-order valence-corrected chi connectivity index (χ2v) is 7.19. The van der Waals surface area contributed by atoms with Gasteiger partial charge in [0.2, 0.25) is 5.91 Å². The van der Waals surface area contributed by atoms with Gasteiger partial charge >= 0.3 is 0 Å². The number of carbonyl (C=O) groups is 2. The van der Waals surface area contributed by atoms with Crippen LogP contribution >= 0.6 is 27.3 Å². The van der Waals surface area contributed by atoms with Crippen LogP contribution in [0.4, 0.5) is 0 Å². The lowest BCUT2D eigenvalue weighted by Crippen LogP contribution is -2.37. The van der Waals surface area contributed by atoms with E-state index in [1.807, 2.05) is 20.8 Å². The molecule has 2 heterocycles. The van der Waals surface area contributed by atoms with Crippen LogP contribution in [0.3, 0.4) is 0 Å². The average Bonchev–Trinajstić information content (AvgIpc) is 3.01. The van der Waals surface area contributed by atoms with Crippen molar-refractivity contribution in [2.75, 3.05) is 6.54 Å². The van der Waals surface area contributed by atoms with E-state index in [0.717, 1.165) is 5.56 Å². The Labute approximate surface area is 141 Å². The van der Waals surface area contributed by atoms with Gasteiger partial charge in [0.1, 0.15) is 0 Å². The van der Waals surface area contributed by atoms with E-state index in [1.54, 1.807) is 17.4 Å². The zero-order chi connectivity index (χ0) is 16.3. The third kappa shape index (κ3) is 4.20. The van der Waals surface area contributed by atoms with Gasteiger partial charge in [-0.3, -0.25) is 9.59 Å². The van der Waals surface area contributed by atoms with E-state index >= 15 is 0 Å². The third-order valence-corrected chi connectivity index (χ3v) is 4.54. The summed E-state index contributed by atoms with van der Waals surface area (Å²) in [5, 5.41) is 5.40. The summed E-state index contributed by atoms with van der Waals surface area (Å²) < 4.78 is 5.59. The summed E-state index contributed by atoms with van der Waals surface area (Å²) in [7, 11) is 0. The first-order valence-corrected chi connectivity index (χ1v) is 8.37. The highest BCUT2D eigenvalue weighted by Gasteiger charge is 2.15. The zero-order valence-electron chi connectivity index (χ0n) is 12.5. The molecule has 0 bridgehead atoms. The number of halogens is 1. The molecule has 0 aliphatic carbocycles. The monoisotopic (exact) mass is 384 g/mol. The Morgan fingerprint density at radius 3 is 2.64 bits per heavy atom. The van der Waals surface area contributed by atoms with Gasteiger partial charge in [-0.2, -0.15) is 0 Å². The fourth-order valence-electron chi connectivity index (χ4n) is 2.13. The number of furan rings is 1. The van der Waals surface area contributed by atoms with Gasteiger partial charge < -0.3 is 15.1 Å². The molecule has 2 rings (SSSR count). The molecule has 0 radical (unpaired) electrons. The van der Waals surface area contributed by atoms with E-state index < -0.39 is 5.91 Å². The fraction of sp³-hybridized carbons (Fsp3) is 0.333. The topological polar surface area (TPSA) is 71.3 Å². The molecule has 0 aromatic carbocycles. The molecule has 1 unspecified atom stereocenters.